The molecule has 2 aromatic carbocycles. The van der Waals surface area contributed by atoms with Crippen LogP contribution in [0.1, 0.15) is 5.56 Å². The van der Waals surface area contributed by atoms with Crippen molar-refractivity contribution in [2.45, 2.75) is 11.1 Å². The molecule has 2 aromatic rings. The van der Waals surface area contributed by atoms with Crippen LogP contribution in [0.4, 0.5) is 18.9 Å². The highest BCUT2D eigenvalue weighted by Gasteiger charge is 2.30. The lowest BCUT2D eigenvalue weighted by atomic mass is 10.2. The molecular weight excluding hydrogens is 303 g/mol. The number of rotatable bonds is 3. The van der Waals surface area contributed by atoms with E-state index in [0.29, 0.717) is 0 Å². The van der Waals surface area contributed by atoms with Crippen LogP contribution in [0.2, 0.25) is 0 Å². The molecule has 3 nitrogen and oxygen atoms in total. The monoisotopic (exact) mass is 315 g/mol. The summed E-state index contributed by atoms with van der Waals surface area (Å²) in [4.78, 5) is 0.0763. The zero-order chi connectivity index (χ0) is 15.7. The van der Waals surface area contributed by atoms with E-state index in [1.54, 1.807) is 18.2 Å². The lowest BCUT2D eigenvalue weighted by Crippen LogP contribution is -2.26. The summed E-state index contributed by atoms with van der Waals surface area (Å²) >= 11 is 0. The summed E-state index contributed by atoms with van der Waals surface area (Å²) < 4.78 is 63.0. The first-order valence-electron chi connectivity index (χ1n) is 5.94. The molecule has 0 aliphatic heterocycles. The minimum atomic E-state index is -4.45. The lowest BCUT2D eigenvalue weighted by Gasteiger charge is -2.20. The van der Waals surface area contributed by atoms with Gasteiger partial charge in [-0.2, -0.15) is 13.2 Å². The van der Waals surface area contributed by atoms with E-state index >= 15 is 0 Å². The van der Waals surface area contributed by atoms with Crippen molar-refractivity contribution in [1.82, 2.24) is 0 Å². The van der Waals surface area contributed by atoms with Gasteiger partial charge < -0.3 is 0 Å². The predicted molar refractivity (Wildman–Crippen MR) is 73.5 cm³/mol. The first-order chi connectivity index (χ1) is 9.73. The number of hydrogen-bond donors (Lipinski definition) is 0. The number of hydrogen-bond acceptors (Lipinski definition) is 2. The van der Waals surface area contributed by atoms with Gasteiger partial charge in [0, 0.05) is 7.05 Å². The second kappa shape index (κ2) is 5.40. The summed E-state index contributed by atoms with van der Waals surface area (Å²) in [6, 6.07) is 11.6. The van der Waals surface area contributed by atoms with E-state index in [2.05, 4.69) is 0 Å². The highest BCUT2D eigenvalue weighted by atomic mass is 32.2. The van der Waals surface area contributed by atoms with Gasteiger partial charge in [-0.15, -0.1) is 0 Å². The van der Waals surface area contributed by atoms with Crippen molar-refractivity contribution in [3.8, 4) is 0 Å². The quantitative estimate of drug-likeness (QED) is 0.869. The molecule has 7 heteroatoms. The molecule has 112 valence electrons. The van der Waals surface area contributed by atoms with Crippen LogP contribution < -0.4 is 4.31 Å². The van der Waals surface area contributed by atoms with Gasteiger partial charge in [0.1, 0.15) is 0 Å². The van der Waals surface area contributed by atoms with E-state index in [1.165, 1.54) is 19.2 Å². The van der Waals surface area contributed by atoms with Crippen LogP contribution in [0.3, 0.4) is 0 Å². The van der Waals surface area contributed by atoms with Crippen LogP contribution in [-0.4, -0.2) is 15.5 Å². The Morgan fingerprint density at radius 1 is 0.905 bits per heavy atom. The van der Waals surface area contributed by atoms with E-state index < -0.39 is 21.8 Å². The highest BCUT2D eigenvalue weighted by Crippen LogP contribution is 2.31. The molecule has 0 amide bonds. The normalized spacial score (nSPS) is 12.2. The first-order valence-corrected chi connectivity index (χ1v) is 7.38. The molecule has 0 fully saturated rings. The van der Waals surface area contributed by atoms with Gasteiger partial charge in [0.2, 0.25) is 0 Å². The van der Waals surface area contributed by atoms with Crippen LogP contribution >= 0.6 is 0 Å². The number of nitrogens with zero attached hydrogens (tertiary/aromatic N) is 1. The third kappa shape index (κ3) is 3.18. The molecule has 0 heterocycles. The Morgan fingerprint density at radius 2 is 1.43 bits per heavy atom. The van der Waals surface area contributed by atoms with E-state index in [1.807, 2.05) is 0 Å². The summed E-state index contributed by atoms with van der Waals surface area (Å²) in [6.45, 7) is 0. The maximum absolute atomic E-state index is 12.5. The predicted octanol–water partition coefficient (Wildman–Crippen LogP) is 3.53. The van der Waals surface area contributed by atoms with Crippen molar-refractivity contribution in [3.05, 3.63) is 60.2 Å². The molecule has 0 aliphatic carbocycles. The fourth-order valence-corrected chi connectivity index (χ4v) is 2.97. The van der Waals surface area contributed by atoms with Gasteiger partial charge in [-0.1, -0.05) is 18.2 Å². The average molecular weight is 315 g/mol. The minimum Gasteiger partial charge on any atom is -0.269 e. The van der Waals surface area contributed by atoms with Gasteiger partial charge in [-0.05, 0) is 36.4 Å². The molecule has 0 bridgehead atoms. The molecule has 0 unspecified atom stereocenters. The van der Waals surface area contributed by atoms with Crippen LogP contribution in [0.5, 0.6) is 0 Å². The Kier molecular flexibility index (Phi) is 3.95. The number of halogens is 3. The van der Waals surface area contributed by atoms with Gasteiger partial charge in [-0.25, -0.2) is 8.42 Å². The van der Waals surface area contributed by atoms with Crippen molar-refractivity contribution in [3.63, 3.8) is 0 Å². The van der Waals surface area contributed by atoms with E-state index in [-0.39, 0.29) is 10.6 Å². The molecule has 21 heavy (non-hydrogen) atoms. The summed E-state index contributed by atoms with van der Waals surface area (Å²) in [7, 11) is -2.49. The Hall–Kier alpha value is -2.02. The molecule has 0 N–H and O–H groups in total. The lowest BCUT2D eigenvalue weighted by molar-refractivity contribution is -0.137. The fourth-order valence-electron chi connectivity index (χ4n) is 1.75. The molecule has 2 rings (SSSR count). The van der Waals surface area contributed by atoms with Gasteiger partial charge in [0.05, 0.1) is 16.1 Å². The largest absolute Gasteiger partial charge is 0.416 e. The molecule has 0 radical (unpaired) electrons. The standard InChI is InChI=1S/C14H12F3NO2S/c1-18(21(19,20)13-5-3-2-4-6-13)12-9-7-11(8-10-12)14(15,16)17/h2-10H,1H3. The maximum Gasteiger partial charge on any atom is 0.416 e. The number of sulfonamides is 1. The average Bonchev–Trinajstić information content (AvgIpc) is 2.46. The molecule has 0 aliphatic rings. The topological polar surface area (TPSA) is 37.4 Å². The summed E-state index contributed by atoms with van der Waals surface area (Å²) in [6.07, 6.45) is -4.45. The van der Waals surface area contributed by atoms with Crippen LogP contribution in [-0.2, 0) is 16.2 Å². The Morgan fingerprint density at radius 3 is 1.90 bits per heavy atom. The first kappa shape index (κ1) is 15.4. The second-order valence-corrected chi connectivity index (χ2v) is 6.30. The summed E-state index contributed by atoms with van der Waals surface area (Å²) in [5.41, 5.74) is -0.663. The third-order valence-electron chi connectivity index (χ3n) is 2.96. The molecule has 0 aromatic heterocycles. The maximum atomic E-state index is 12.5. The van der Waals surface area contributed by atoms with E-state index in [4.69, 9.17) is 0 Å². The van der Waals surface area contributed by atoms with Gasteiger partial charge >= 0.3 is 6.18 Å². The van der Waals surface area contributed by atoms with Gasteiger partial charge in [0.15, 0.2) is 0 Å². The zero-order valence-corrected chi connectivity index (χ0v) is 11.8. The minimum absolute atomic E-state index is 0.0763. The SMILES string of the molecule is CN(c1ccc(C(F)(F)F)cc1)S(=O)(=O)c1ccccc1. The molecule has 0 saturated carbocycles. The zero-order valence-electron chi connectivity index (χ0n) is 11.0. The number of benzene rings is 2. The Balaban J connectivity index is 2.34. The van der Waals surface area contributed by atoms with Crippen molar-refractivity contribution >= 4 is 15.7 Å². The molecule has 0 atom stereocenters. The summed E-state index contributed by atoms with van der Waals surface area (Å²) in [5.74, 6) is 0. The Bertz CT molecular complexity index is 710. The van der Waals surface area contributed by atoms with Crippen LogP contribution in [0.25, 0.3) is 0 Å². The third-order valence-corrected chi connectivity index (χ3v) is 4.76. The van der Waals surface area contributed by atoms with Gasteiger partial charge in [-0.3, -0.25) is 4.31 Å². The van der Waals surface area contributed by atoms with Crippen molar-refractivity contribution in [2.75, 3.05) is 11.4 Å². The highest BCUT2D eigenvalue weighted by molar-refractivity contribution is 7.92. The van der Waals surface area contributed by atoms with Crippen LogP contribution in [0, 0.1) is 0 Å². The van der Waals surface area contributed by atoms with Crippen molar-refractivity contribution < 1.29 is 21.6 Å². The van der Waals surface area contributed by atoms with Crippen molar-refractivity contribution in [2.24, 2.45) is 0 Å². The number of alkyl halides is 3. The van der Waals surface area contributed by atoms with E-state index in [9.17, 15) is 21.6 Å². The molecule has 0 spiro atoms. The number of anilines is 1. The van der Waals surface area contributed by atoms with Crippen LogP contribution in [0.15, 0.2) is 59.5 Å². The second-order valence-electron chi connectivity index (χ2n) is 4.33. The molecular formula is C14H12F3NO2S. The fraction of sp³-hybridized carbons (Fsp3) is 0.143. The smallest absolute Gasteiger partial charge is 0.269 e. The summed E-state index contributed by atoms with van der Waals surface area (Å²) in [5, 5.41) is 0. The Labute approximate surface area is 120 Å². The van der Waals surface area contributed by atoms with Crippen molar-refractivity contribution in [1.29, 1.82) is 0 Å². The molecule has 0 saturated heterocycles. The van der Waals surface area contributed by atoms with E-state index in [0.717, 1.165) is 28.6 Å². The van der Waals surface area contributed by atoms with Gasteiger partial charge in [0.25, 0.3) is 10.0 Å².